The molecule has 1 heteroatoms. The maximum atomic E-state index is 6.61. The van der Waals surface area contributed by atoms with Gasteiger partial charge in [-0.05, 0) is 58.4 Å². The number of rotatable bonds is 2. The molecule has 142 valence electrons. The highest BCUT2D eigenvalue weighted by Gasteiger charge is 2.27. The average Bonchev–Trinajstić information content (AvgIpc) is 2.92. The second-order valence-electron chi connectivity index (χ2n) is 7.85. The predicted molar refractivity (Wildman–Crippen MR) is 120 cm³/mol. The lowest BCUT2D eigenvalue weighted by Crippen LogP contribution is -2.06. The SMILES string of the molecule is Cc1cc(C)c2c(c1)C(c1ccccc1)OCc1c(-c3ccccc3)cccc1-2. The molecule has 1 nitrogen and oxygen atoms in total. The normalized spacial score (nSPS) is 15.3. The Morgan fingerprint density at radius 2 is 1.41 bits per heavy atom. The van der Waals surface area contributed by atoms with Gasteiger partial charge in [-0.2, -0.15) is 0 Å². The Balaban J connectivity index is 1.77. The Kier molecular flexibility index (Phi) is 4.54. The highest BCUT2D eigenvalue weighted by Crippen LogP contribution is 2.44. The van der Waals surface area contributed by atoms with E-state index >= 15 is 0 Å². The number of hydrogen-bond donors (Lipinski definition) is 0. The van der Waals surface area contributed by atoms with E-state index in [1.54, 1.807) is 0 Å². The zero-order valence-corrected chi connectivity index (χ0v) is 16.9. The molecular weight excluding hydrogens is 352 g/mol. The number of hydrogen-bond acceptors (Lipinski definition) is 1. The molecular formula is C28H24O. The third-order valence-corrected chi connectivity index (χ3v) is 5.82. The monoisotopic (exact) mass is 376 g/mol. The number of ether oxygens (including phenoxy) is 1. The van der Waals surface area contributed by atoms with E-state index in [1.807, 2.05) is 0 Å². The lowest BCUT2D eigenvalue weighted by atomic mass is 9.85. The fourth-order valence-electron chi connectivity index (χ4n) is 4.60. The fourth-order valence-corrected chi connectivity index (χ4v) is 4.60. The molecule has 0 aliphatic carbocycles. The van der Waals surface area contributed by atoms with E-state index in [2.05, 4.69) is 105 Å². The molecule has 0 spiro atoms. The van der Waals surface area contributed by atoms with Gasteiger partial charge in [0.15, 0.2) is 0 Å². The summed E-state index contributed by atoms with van der Waals surface area (Å²) in [5, 5.41) is 0. The zero-order valence-electron chi connectivity index (χ0n) is 16.9. The van der Waals surface area contributed by atoms with Crippen LogP contribution in [0, 0.1) is 13.8 Å². The minimum Gasteiger partial charge on any atom is -0.364 e. The highest BCUT2D eigenvalue weighted by atomic mass is 16.5. The van der Waals surface area contributed by atoms with Crippen molar-refractivity contribution < 1.29 is 4.74 Å². The van der Waals surface area contributed by atoms with Crippen molar-refractivity contribution in [1.29, 1.82) is 0 Å². The summed E-state index contributed by atoms with van der Waals surface area (Å²) in [4.78, 5) is 0. The summed E-state index contributed by atoms with van der Waals surface area (Å²) in [6, 6.07) is 32.4. The molecule has 5 rings (SSSR count). The van der Waals surface area contributed by atoms with Crippen LogP contribution in [-0.2, 0) is 11.3 Å². The van der Waals surface area contributed by atoms with Gasteiger partial charge >= 0.3 is 0 Å². The molecule has 0 fully saturated rings. The molecule has 1 aliphatic heterocycles. The van der Waals surface area contributed by atoms with Crippen molar-refractivity contribution in [2.45, 2.75) is 26.6 Å². The topological polar surface area (TPSA) is 9.23 Å². The molecule has 0 N–H and O–H groups in total. The van der Waals surface area contributed by atoms with Gasteiger partial charge in [0.2, 0.25) is 0 Å². The molecule has 1 aliphatic rings. The number of benzene rings is 4. The van der Waals surface area contributed by atoms with Gasteiger partial charge in [0.25, 0.3) is 0 Å². The van der Waals surface area contributed by atoms with Crippen LogP contribution in [0.3, 0.4) is 0 Å². The smallest absolute Gasteiger partial charge is 0.109 e. The Hall–Kier alpha value is -3.16. The van der Waals surface area contributed by atoms with Crippen molar-refractivity contribution in [3.8, 4) is 22.3 Å². The maximum Gasteiger partial charge on any atom is 0.109 e. The first-order valence-corrected chi connectivity index (χ1v) is 10.2. The molecule has 4 aromatic rings. The Labute approximate surface area is 172 Å². The van der Waals surface area contributed by atoms with E-state index in [9.17, 15) is 0 Å². The van der Waals surface area contributed by atoms with Crippen LogP contribution >= 0.6 is 0 Å². The van der Waals surface area contributed by atoms with E-state index < -0.39 is 0 Å². The Morgan fingerprint density at radius 3 is 2.17 bits per heavy atom. The van der Waals surface area contributed by atoms with Crippen LogP contribution in [0.1, 0.15) is 33.9 Å². The van der Waals surface area contributed by atoms with Gasteiger partial charge in [0.1, 0.15) is 6.10 Å². The van der Waals surface area contributed by atoms with Gasteiger partial charge < -0.3 is 4.74 Å². The molecule has 1 atom stereocenters. The Bertz CT molecular complexity index is 1160. The molecule has 0 aromatic heterocycles. The first kappa shape index (κ1) is 17.9. The van der Waals surface area contributed by atoms with E-state index in [1.165, 1.54) is 50.1 Å². The zero-order chi connectivity index (χ0) is 19.8. The molecule has 0 saturated heterocycles. The van der Waals surface area contributed by atoms with E-state index in [4.69, 9.17) is 4.74 Å². The van der Waals surface area contributed by atoms with Crippen LogP contribution in [-0.4, -0.2) is 0 Å². The van der Waals surface area contributed by atoms with Crippen molar-refractivity contribution >= 4 is 0 Å². The molecule has 0 radical (unpaired) electrons. The van der Waals surface area contributed by atoms with Gasteiger partial charge in [0, 0.05) is 0 Å². The van der Waals surface area contributed by atoms with E-state index in [-0.39, 0.29) is 6.10 Å². The minimum absolute atomic E-state index is 0.0687. The molecule has 0 bridgehead atoms. The molecule has 1 unspecified atom stereocenters. The lowest BCUT2D eigenvalue weighted by Gasteiger charge is -2.20. The van der Waals surface area contributed by atoms with Crippen LogP contribution in [0.15, 0.2) is 91.0 Å². The van der Waals surface area contributed by atoms with Crippen LogP contribution in [0.25, 0.3) is 22.3 Å². The average molecular weight is 376 g/mol. The second-order valence-corrected chi connectivity index (χ2v) is 7.85. The molecule has 0 saturated carbocycles. The van der Waals surface area contributed by atoms with Crippen LogP contribution in [0.5, 0.6) is 0 Å². The van der Waals surface area contributed by atoms with Gasteiger partial charge in [-0.1, -0.05) is 96.6 Å². The second kappa shape index (κ2) is 7.35. The lowest BCUT2D eigenvalue weighted by molar-refractivity contribution is 0.0695. The van der Waals surface area contributed by atoms with Crippen molar-refractivity contribution in [2.75, 3.05) is 0 Å². The van der Waals surface area contributed by atoms with Gasteiger partial charge in [-0.15, -0.1) is 0 Å². The first-order chi connectivity index (χ1) is 14.2. The predicted octanol–water partition coefficient (Wildman–Crippen LogP) is 7.26. The summed E-state index contributed by atoms with van der Waals surface area (Å²) in [5.74, 6) is 0. The minimum atomic E-state index is -0.0687. The van der Waals surface area contributed by atoms with Crippen molar-refractivity contribution in [3.63, 3.8) is 0 Å². The number of fused-ring (bicyclic) bond motifs is 3. The van der Waals surface area contributed by atoms with Crippen LogP contribution < -0.4 is 0 Å². The van der Waals surface area contributed by atoms with Gasteiger partial charge in [-0.3, -0.25) is 0 Å². The summed E-state index contributed by atoms with van der Waals surface area (Å²) in [6.07, 6.45) is -0.0687. The molecule has 1 heterocycles. The maximum absolute atomic E-state index is 6.61. The summed E-state index contributed by atoms with van der Waals surface area (Å²) in [6.45, 7) is 4.98. The van der Waals surface area contributed by atoms with E-state index in [0.717, 1.165) is 0 Å². The molecule has 0 amide bonds. The molecule has 4 aromatic carbocycles. The molecule has 29 heavy (non-hydrogen) atoms. The summed E-state index contributed by atoms with van der Waals surface area (Å²) in [7, 11) is 0. The third kappa shape index (κ3) is 3.18. The van der Waals surface area contributed by atoms with Crippen molar-refractivity contribution in [3.05, 3.63) is 119 Å². The van der Waals surface area contributed by atoms with Crippen LogP contribution in [0.2, 0.25) is 0 Å². The van der Waals surface area contributed by atoms with Gasteiger partial charge in [-0.25, -0.2) is 0 Å². The van der Waals surface area contributed by atoms with E-state index in [0.29, 0.717) is 6.61 Å². The summed E-state index contributed by atoms with van der Waals surface area (Å²) >= 11 is 0. The largest absolute Gasteiger partial charge is 0.364 e. The van der Waals surface area contributed by atoms with Gasteiger partial charge in [0.05, 0.1) is 6.61 Å². The summed E-state index contributed by atoms with van der Waals surface area (Å²) in [5.41, 5.74) is 11.4. The van der Waals surface area contributed by atoms with Crippen LogP contribution in [0.4, 0.5) is 0 Å². The number of aryl methyl sites for hydroxylation is 2. The quantitative estimate of drug-likeness (QED) is 0.358. The highest BCUT2D eigenvalue weighted by molar-refractivity contribution is 5.82. The van der Waals surface area contributed by atoms with Crippen molar-refractivity contribution in [1.82, 2.24) is 0 Å². The standard InChI is InChI=1S/C28H24O/c1-19-16-20(2)27-24-15-9-14-23(21-10-5-3-6-11-21)26(24)18-29-28(25(27)17-19)22-12-7-4-8-13-22/h3-17,28H,18H2,1-2H3. The summed E-state index contributed by atoms with van der Waals surface area (Å²) < 4.78 is 6.61. The van der Waals surface area contributed by atoms with Crippen molar-refractivity contribution in [2.24, 2.45) is 0 Å². The first-order valence-electron chi connectivity index (χ1n) is 10.2. The third-order valence-electron chi connectivity index (χ3n) is 5.82. The Morgan fingerprint density at radius 1 is 0.724 bits per heavy atom. The fraction of sp³-hybridized carbons (Fsp3) is 0.143.